The highest BCUT2D eigenvalue weighted by Gasteiger charge is 2.00. The molecule has 1 N–H and O–H groups in total. The van der Waals surface area contributed by atoms with Crippen LogP contribution in [0.1, 0.15) is 5.56 Å². The first-order valence-corrected chi connectivity index (χ1v) is 6.80. The Bertz CT molecular complexity index is 523. The zero-order valence-corrected chi connectivity index (χ0v) is 12.1. The van der Waals surface area contributed by atoms with Gasteiger partial charge in [-0.15, -0.1) is 0 Å². The van der Waals surface area contributed by atoms with Crippen molar-refractivity contribution < 1.29 is 0 Å². The number of nitrogens with zero attached hydrogens (tertiary/aromatic N) is 1. The Morgan fingerprint density at radius 3 is 2.53 bits per heavy atom. The molecule has 0 fully saturated rings. The Kier molecular flexibility index (Phi) is 4.69. The number of hydrogen-bond acceptors (Lipinski definition) is 2. The molecule has 2 nitrogen and oxygen atoms in total. The third-order valence-corrected chi connectivity index (χ3v) is 3.31. The van der Waals surface area contributed by atoms with Crippen molar-refractivity contribution in [1.29, 1.82) is 0 Å². The van der Waals surface area contributed by atoms with Gasteiger partial charge in [0.05, 0.1) is 0 Å². The Morgan fingerprint density at radius 2 is 1.84 bits per heavy atom. The Hall–Kier alpha value is -1.67. The molecule has 0 aliphatic heterocycles. The quantitative estimate of drug-likeness (QED) is 0.879. The summed E-state index contributed by atoms with van der Waals surface area (Å²) in [7, 11) is 2.11. The van der Waals surface area contributed by atoms with Crippen LogP contribution in [0, 0.1) is 6.92 Å². The summed E-state index contributed by atoms with van der Waals surface area (Å²) in [6.07, 6.45) is 0. The van der Waals surface area contributed by atoms with Crippen LogP contribution in [-0.4, -0.2) is 20.1 Å². The largest absolute Gasteiger partial charge is 0.383 e. The topological polar surface area (TPSA) is 15.3 Å². The van der Waals surface area contributed by atoms with Gasteiger partial charge in [-0.3, -0.25) is 0 Å². The van der Waals surface area contributed by atoms with Gasteiger partial charge in [-0.1, -0.05) is 23.7 Å². The molecule has 100 valence electrons. The van der Waals surface area contributed by atoms with E-state index in [-0.39, 0.29) is 0 Å². The SMILES string of the molecule is Cc1cccc(N(C)CCNc2ccc(Cl)cc2)c1. The van der Waals surface area contributed by atoms with Gasteiger partial charge in [0.25, 0.3) is 0 Å². The van der Waals surface area contributed by atoms with Crippen LogP contribution in [0.15, 0.2) is 48.5 Å². The lowest BCUT2D eigenvalue weighted by Crippen LogP contribution is -2.24. The minimum atomic E-state index is 0.766. The van der Waals surface area contributed by atoms with E-state index < -0.39 is 0 Å². The monoisotopic (exact) mass is 274 g/mol. The highest BCUT2D eigenvalue weighted by Crippen LogP contribution is 2.15. The van der Waals surface area contributed by atoms with E-state index in [1.807, 2.05) is 24.3 Å². The van der Waals surface area contributed by atoms with Crippen LogP contribution < -0.4 is 10.2 Å². The minimum absolute atomic E-state index is 0.766. The summed E-state index contributed by atoms with van der Waals surface area (Å²) >= 11 is 5.85. The second-order valence-corrected chi connectivity index (χ2v) is 5.13. The molecule has 0 saturated carbocycles. The smallest absolute Gasteiger partial charge is 0.0407 e. The molecule has 0 atom stereocenters. The van der Waals surface area contributed by atoms with Gasteiger partial charge >= 0.3 is 0 Å². The summed E-state index contributed by atoms with van der Waals surface area (Å²) < 4.78 is 0. The van der Waals surface area contributed by atoms with Crippen molar-refractivity contribution in [2.75, 3.05) is 30.4 Å². The number of halogens is 1. The zero-order chi connectivity index (χ0) is 13.7. The minimum Gasteiger partial charge on any atom is -0.383 e. The molecule has 0 unspecified atom stereocenters. The third-order valence-electron chi connectivity index (χ3n) is 3.06. The van der Waals surface area contributed by atoms with Crippen LogP contribution in [0.25, 0.3) is 0 Å². The molecule has 19 heavy (non-hydrogen) atoms. The van der Waals surface area contributed by atoms with Gasteiger partial charge in [0.1, 0.15) is 0 Å². The summed E-state index contributed by atoms with van der Waals surface area (Å²) in [6, 6.07) is 16.3. The van der Waals surface area contributed by atoms with Gasteiger partial charge in [-0.2, -0.15) is 0 Å². The lowest BCUT2D eigenvalue weighted by atomic mass is 10.2. The summed E-state index contributed by atoms with van der Waals surface area (Å²) in [5.41, 5.74) is 3.63. The first kappa shape index (κ1) is 13.8. The van der Waals surface area contributed by atoms with E-state index in [1.165, 1.54) is 11.3 Å². The number of anilines is 2. The van der Waals surface area contributed by atoms with Gasteiger partial charge < -0.3 is 10.2 Å². The molecule has 2 rings (SSSR count). The fourth-order valence-electron chi connectivity index (χ4n) is 1.93. The Balaban J connectivity index is 1.84. The molecule has 0 aliphatic carbocycles. The summed E-state index contributed by atoms with van der Waals surface area (Å²) in [5, 5.41) is 4.15. The highest BCUT2D eigenvalue weighted by molar-refractivity contribution is 6.30. The molecule has 0 amide bonds. The third kappa shape index (κ3) is 4.18. The molecule has 0 aromatic heterocycles. The number of likely N-dealkylation sites (N-methyl/N-ethyl adjacent to an activating group) is 1. The lowest BCUT2D eigenvalue weighted by molar-refractivity contribution is 0.914. The van der Waals surface area contributed by atoms with Crippen LogP contribution in [-0.2, 0) is 0 Å². The average Bonchev–Trinajstić information content (AvgIpc) is 2.41. The normalized spacial score (nSPS) is 10.3. The van der Waals surface area contributed by atoms with Crippen LogP contribution in [0.2, 0.25) is 5.02 Å². The van der Waals surface area contributed by atoms with Gasteiger partial charge in [-0.05, 0) is 48.9 Å². The maximum atomic E-state index is 5.85. The number of hydrogen-bond donors (Lipinski definition) is 1. The second kappa shape index (κ2) is 6.48. The average molecular weight is 275 g/mol. The van der Waals surface area contributed by atoms with E-state index in [1.54, 1.807) is 0 Å². The number of nitrogens with one attached hydrogen (secondary N) is 1. The van der Waals surface area contributed by atoms with Crippen LogP contribution in [0.3, 0.4) is 0 Å². The van der Waals surface area contributed by atoms with Crippen molar-refractivity contribution in [2.24, 2.45) is 0 Å². The van der Waals surface area contributed by atoms with E-state index in [2.05, 4.69) is 48.5 Å². The maximum Gasteiger partial charge on any atom is 0.0407 e. The molecular weight excluding hydrogens is 256 g/mol. The van der Waals surface area contributed by atoms with Gasteiger partial charge in [0.15, 0.2) is 0 Å². The molecule has 2 aromatic carbocycles. The fraction of sp³-hybridized carbons (Fsp3) is 0.250. The van der Waals surface area contributed by atoms with Crippen molar-refractivity contribution in [1.82, 2.24) is 0 Å². The van der Waals surface area contributed by atoms with Crippen molar-refractivity contribution in [3.05, 3.63) is 59.1 Å². The number of aryl methyl sites for hydroxylation is 1. The first-order valence-electron chi connectivity index (χ1n) is 6.42. The van der Waals surface area contributed by atoms with Crippen LogP contribution in [0.5, 0.6) is 0 Å². The van der Waals surface area contributed by atoms with E-state index in [4.69, 9.17) is 11.6 Å². The molecule has 0 aliphatic rings. The first-order chi connectivity index (χ1) is 9.15. The predicted octanol–water partition coefficient (Wildman–Crippen LogP) is 4.20. The maximum absolute atomic E-state index is 5.85. The van der Waals surface area contributed by atoms with Gasteiger partial charge in [-0.25, -0.2) is 0 Å². The summed E-state index contributed by atoms with van der Waals surface area (Å²) in [4.78, 5) is 2.25. The number of rotatable bonds is 5. The molecule has 2 aromatic rings. The molecule has 0 bridgehead atoms. The standard InChI is InChI=1S/C16H19ClN2/c1-13-4-3-5-16(12-13)19(2)11-10-18-15-8-6-14(17)7-9-15/h3-9,12,18H,10-11H2,1-2H3. The molecule has 0 radical (unpaired) electrons. The zero-order valence-electron chi connectivity index (χ0n) is 11.4. The summed E-state index contributed by atoms with van der Waals surface area (Å²) in [6.45, 7) is 3.96. The fourth-order valence-corrected chi connectivity index (χ4v) is 2.06. The van der Waals surface area contributed by atoms with E-state index in [0.29, 0.717) is 0 Å². The second-order valence-electron chi connectivity index (χ2n) is 4.69. The Morgan fingerprint density at radius 1 is 1.11 bits per heavy atom. The van der Waals surface area contributed by atoms with Crippen LogP contribution >= 0.6 is 11.6 Å². The van der Waals surface area contributed by atoms with Crippen molar-refractivity contribution in [2.45, 2.75) is 6.92 Å². The molecule has 0 spiro atoms. The van der Waals surface area contributed by atoms with Crippen molar-refractivity contribution in [3.8, 4) is 0 Å². The molecule has 3 heteroatoms. The van der Waals surface area contributed by atoms with E-state index in [9.17, 15) is 0 Å². The lowest BCUT2D eigenvalue weighted by Gasteiger charge is -2.20. The van der Waals surface area contributed by atoms with Crippen LogP contribution in [0.4, 0.5) is 11.4 Å². The van der Waals surface area contributed by atoms with Gasteiger partial charge in [0.2, 0.25) is 0 Å². The van der Waals surface area contributed by atoms with Crippen molar-refractivity contribution in [3.63, 3.8) is 0 Å². The van der Waals surface area contributed by atoms with Gasteiger partial charge in [0, 0.05) is 36.5 Å². The van der Waals surface area contributed by atoms with E-state index in [0.717, 1.165) is 23.8 Å². The van der Waals surface area contributed by atoms with Crippen molar-refractivity contribution >= 4 is 23.0 Å². The molecule has 0 saturated heterocycles. The van der Waals surface area contributed by atoms with E-state index >= 15 is 0 Å². The predicted molar refractivity (Wildman–Crippen MR) is 84.4 cm³/mol. The highest BCUT2D eigenvalue weighted by atomic mass is 35.5. The Labute approximate surface area is 120 Å². The molecular formula is C16H19ClN2. The number of benzene rings is 2. The molecule has 0 heterocycles. The summed E-state index contributed by atoms with van der Waals surface area (Å²) in [5.74, 6) is 0.